The van der Waals surface area contributed by atoms with E-state index in [4.69, 9.17) is 10.5 Å². The van der Waals surface area contributed by atoms with Gasteiger partial charge in [-0.25, -0.2) is 0 Å². The van der Waals surface area contributed by atoms with Crippen LogP contribution in [0.1, 0.15) is 38.5 Å². The third-order valence-electron chi connectivity index (χ3n) is 4.04. The van der Waals surface area contributed by atoms with Crippen molar-refractivity contribution in [3.8, 4) is 0 Å². The van der Waals surface area contributed by atoms with Crippen LogP contribution >= 0.6 is 0 Å². The molecule has 5 nitrogen and oxygen atoms in total. The third-order valence-corrected chi connectivity index (χ3v) is 4.04. The predicted octanol–water partition coefficient (Wildman–Crippen LogP) is 0.480. The van der Waals surface area contributed by atoms with Gasteiger partial charge in [-0.05, 0) is 25.7 Å². The maximum atomic E-state index is 11.5. The van der Waals surface area contributed by atoms with Gasteiger partial charge in [-0.15, -0.1) is 0 Å². The molecule has 0 aromatic carbocycles. The number of carbonyl (C=O) groups is 1. The number of hydrogen-bond donors (Lipinski definition) is 3. The molecule has 2 fully saturated rings. The fourth-order valence-electron chi connectivity index (χ4n) is 2.83. The lowest BCUT2D eigenvalue weighted by Gasteiger charge is -2.40. The van der Waals surface area contributed by atoms with Crippen LogP contribution in [0.25, 0.3) is 0 Å². The first-order valence-electron chi connectivity index (χ1n) is 6.48. The highest BCUT2D eigenvalue weighted by Crippen LogP contribution is 2.25. The second kappa shape index (κ2) is 5.33. The molecular weight excluding hydrogens is 220 g/mol. The Labute approximate surface area is 102 Å². The van der Waals surface area contributed by atoms with Crippen molar-refractivity contribution >= 4 is 5.97 Å². The van der Waals surface area contributed by atoms with E-state index in [1.165, 1.54) is 0 Å². The first-order chi connectivity index (χ1) is 8.14. The van der Waals surface area contributed by atoms with Crippen molar-refractivity contribution in [2.24, 2.45) is 5.73 Å². The van der Waals surface area contributed by atoms with Gasteiger partial charge in [0, 0.05) is 25.3 Å². The number of carboxylic acid groups (broad SMARTS) is 1. The van der Waals surface area contributed by atoms with Gasteiger partial charge in [-0.1, -0.05) is 12.8 Å². The number of aliphatic carboxylic acids is 1. The van der Waals surface area contributed by atoms with Gasteiger partial charge >= 0.3 is 5.97 Å². The highest BCUT2D eigenvalue weighted by molar-refractivity contribution is 5.79. The van der Waals surface area contributed by atoms with Gasteiger partial charge in [-0.3, -0.25) is 10.1 Å². The van der Waals surface area contributed by atoms with E-state index in [-0.39, 0.29) is 12.1 Å². The van der Waals surface area contributed by atoms with E-state index in [0.717, 1.165) is 25.7 Å². The second-order valence-corrected chi connectivity index (χ2v) is 5.20. The molecule has 1 saturated carbocycles. The largest absolute Gasteiger partial charge is 0.480 e. The minimum atomic E-state index is -0.822. The van der Waals surface area contributed by atoms with Crippen LogP contribution in [-0.2, 0) is 9.53 Å². The maximum absolute atomic E-state index is 11.5. The molecule has 0 radical (unpaired) electrons. The molecule has 1 aliphatic heterocycles. The van der Waals surface area contributed by atoms with Gasteiger partial charge in [-0.2, -0.15) is 0 Å². The van der Waals surface area contributed by atoms with Crippen LogP contribution in [0.3, 0.4) is 0 Å². The van der Waals surface area contributed by atoms with Crippen LogP contribution in [-0.4, -0.2) is 41.9 Å². The molecular formula is C12H22N2O3. The second-order valence-electron chi connectivity index (χ2n) is 5.20. The summed E-state index contributed by atoms with van der Waals surface area (Å²) in [5, 5.41) is 12.8. The molecule has 17 heavy (non-hydrogen) atoms. The quantitative estimate of drug-likeness (QED) is 0.670. The predicted molar refractivity (Wildman–Crippen MR) is 63.8 cm³/mol. The Morgan fingerprint density at radius 3 is 2.53 bits per heavy atom. The molecule has 0 spiro atoms. The number of rotatable bonds is 3. The molecule has 4 N–H and O–H groups in total. The standard InChI is InChI=1S/C12H22N2O3/c13-9-3-1-2-4-10(9)14-12(11(15)16)5-7-17-8-6-12/h9-10,14H,1-8,13H2,(H,15,16). The summed E-state index contributed by atoms with van der Waals surface area (Å²) >= 11 is 0. The Morgan fingerprint density at radius 1 is 1.29 bits per heavy atom. The fraction of sp³-hybridized carbons (Fsp3) is 0.917. The average molecular weight is 242 g/mol. The molecule has 2 rings (SSSR count). The summed E-state index contributed by atoms with van der Waals surface area (Å²) < 4.78 is 5.26. The summed E-state index contributed by atoms with van der Waals surface area (Å²) in [7, 11) is 0. The van der Waals surface area contributed by atoms with Crippen molar-refractivity contribution in [3.05, 3.63) is 0 Å². The lowest BCUT2D eigenvalue weighted by Crippen LogP contribution is -2.62. The van der Waals surface area contributed by atoms with Gasteiger partial charge in [0.2, 0.25) is 0 Å². The van der Waals surface area contributed by atoms with Crippen molar-refractivity contribution < 1.29 is 14.6 Å². The third kappa shape index (κ3) is 2.78. The Hall–Kier alpha value is -0.650. The molecule has 2 unspecified atom stereocenters. The molecule has 1 aliphatic carbocycles. The number of ether oxygens (including phenoxy) is 1. The summed E-state index contributed by atoms with van der Waals surface area (Å²) in [4.78, 5) is 11.5. The minimum absolute atomic E-state index is 0.0859. The van der Waals surface area contributed by atoms with E-state index in [1.54, 1.807) is 0 Å². The van der Waals surface area contributed by atoms with Crippen LogP contribution in [0.5, 0.6) is 0 Å². The molecule has 1 heterocycles. The van der Waals surface area contributed by atoms with Crippen molar-refractivity contribution in [1.82, 2.24) is 5.32 Å². The van der Waals surface area contributed by atoms with Crippen molar-refractivity contribution in [2.75, 3.05) is 13.2 Å². The Morgan fingerprint density at radius 2 is 1.94 bits per heavy atom. The number of nitrogens with two attached hydrogens (primary N) is 1. The number of carboxylic acids is 1. The van der Waals surface area contributed by atoms with E-state index >= 15 is 0 Å². The molecule has 0 amide bonds. The highest BCUT2D eigenvalue weighted by atomic mass is 16.5. The number of nitrogens with one attached hydrogen (secondary N) is 1. The van der Waals surface area contributed by atoms with Crippen molar-refractivity contribution in [2.45, 2.75) is 56.1 Å². The molecule has 98 valence electrons. The first kappa shape index (κ1) is 12.8. The average Bonchev–Trinajstić information content (AvgIpc) is 2.33. The van der Waals surface area contributed by atoms with Gasteiger partial charge in [0.15, 0.2) is 0 Å². The Kier molecular flexibility index (Phi) is 4.01. The molecule has 5 heteroatoms. The van der Waals surface area contributed by atoms with E-state index in [0.29, 0.717) is 26.1 Å². The summed E-state index contributed by atoms with van der Waals surface area (Å²) in [5.74, 6) is -0.765. The highest BCUT2D eigenvalue weighted by Gasteiger charge is 2.42. The van der Waals surface area contributed by atoms with Crippen molar-refractivity contribution in [3.63, 3.8) is 0 Å². The zero-order chi connectivity index (χ0) is 12.3. The smallest absolute Gasteiger partial charge is 0.324 e. The molecule has 0 bridgehead atoms. The molecule has 1 saturated heterocycles. The normalized spacial score (nSPS) is 33.2. The summed E-state index contributed by atoms with van der Waals surface area (Å²) in [6.45, 7) is 1.03. The Balaban J connectivity index is 2.03. The van der Waals surface area contributed by atoms with Crippen LogP contribution in [0, 0.1) is 0 Å². The lowest BCUT2D eigenvalue weighted by atomic mass is 9.84. The van der Waals surface area contributed by atoms with Gasteiger partial charge in [0.1, 0.15) is 5.54 Å². The molecule has 0 aromatic heterocycles. The summed E-state index contributed by atoms with van der Waals surface area (Å²) in [5.41, 5.74) is 5.25. The number of hydrogen-bond acceptors (Lipinski definition) is 4. The van der Waals surface area contributed by atoms with Crippen LogP contribution < -0.4 is 11.1 Å². The van der Waals surface area contributed by atoms with E-state index in [9.17, 15) is 9.90 Å². The molecule has 2 aliphatic rings. The minimum Gasteiger partial charge on any atom is -0.480 e. The summed E-state index contributed by atoms with van der Waals surface area (Å²) in [6, 6.07) is 0.223. The van der Waals surface area contributed by atoms with E-state index in [2.05, 4.69) is 5.32 Å². The van der Waals surface area contributed by atoms with Crippen LogP contribution in [0.4, 0.5) is 0 Å². The Bertz CT molecular complexity index is 277. The maximum Gasteiger partial charge on any atom is 0.324 e. The lowest BCUT2D eigenvalue weighted by molar-refractivity contribution is -0.150. The fourth-order valence-corrected chi connectivity index (χ4v) is 2.83. The van der Waals surface area contributed by atoms with Crippen LogP contribution in [0.15, 0.2) is 0 Å². The van der Waals surface area contributed by atoms with E-state index < -0.39 is 11.5 Å². The SMILES string of the molecule is NC1CCCCC1NC1(C(=O)O)CCOCC1. The molecule has 0 aromatic rings. The van der Waals surface area contributed by atoms with Crippen LogP contribution in [0.2, 0.25) is 0 Å². The van der Waals surface area contributed by atoms with Gasteiger partial charge in [0.25, 0.3) is 0 Å². The topological polar surface area (TPSA) is 84.6 Å². The van der Waals surface area contributed by atoms with Gasteiger partial charge in [0.05, 0.1) is 0 Å². The van der Waals surface area contributed by atoms with Gasteiger partial charge < -0.3 is 15.6 Å². The molecule has 2 atom stereocenters. The van der Waals surface area contributed by atoms with E-state index in [1.807, 2.05) is 0 Å². The monoisotopic (exact) mass is 242 g/mol. The zero-order valence-electron chi connectivity index (χ0n) is 10.2. The first-order valence-corrected chi connectivity index (χ1v) is 6.48. The van der Waals surface area contributed by atoms with Crippen molar-refractivity contribution in [1.29, 1.82) is 0 Å². The zero-order valence-corrected chi connectivity index (χ0v) is 10.2. The summed E-state index contributed by atoms with van der Waals surface area (Å²) in [6.07, 6.45) is 5.33.